The molecule has 8 heteroatoms. The van der Waals surface area contributed by atoms with Crippen LogP contribution in [0.25, 0.3) is 0 Å². The van der Waals surface area contributed by atoms with Crippen molar-refractivity contribution in [3.8, 4) is 0 Å². The van der Waals surface area contributed by atoms with E-state index in [1.807, 2.05) is 0 Å². The van der Waals surface area contributed by atoms with Crippen LogP contribution < -0.4 is 0 Å². The Labute approximate surface area is 81.9 Å². The normalized spacial score (nSPS) is 12.1. The number of nitrogens with zero attached hydrogens (tertiary/aromatic N) is 1. The third-order valence-corrected chi connectivity index (χ3v) is 2.68. The lowest BCUT2D eigenvalue weighted by Crippen LogP contribution is -1.99. The molecule has 1 aromatic heterocycles. The molecule has 0 amide bonds. The van der Waals surface area contributed by atoms with E-state index in [0.29, 0.717) is 12.3 Å². The summed E-state index contributed by atoms with van der Waals surface area (Å²) >= 11 is 0. The lowest BCUT2D eigenvalue weighted by Gasteiger charge is -2.02. The summed E-state index contributed by atoms with van der Waals surface area (Å²) in [6.07, 6.45) is -2.57. The Bertz CT molecular complexity index is 448. The molecule has 0 unspecified atom stereocenters. The molecule has 0 aliphatic heterocycles. The molecule has 0 atom stereocenters. The molecule has 0 aliphatic carbocycles. The van der Waals surface area contributed by atoms with E-state index >= 15 is 0 Å². The molecule has 0 N–H and O–H groups in total. The highest BCUT2D eigenvalue weighted by Gasteiger charge is 2.19. The summed E-state index contributed by atoms with van der Waals surface area (Å²) < 4.78 is 58.1. The molecule has 0 spiro atoms. The topological polar surface area (TPSA) is 47.0 Å². The van der Waals surface area contributed by atoms with Crippen molar-refractivity contribution in [2.45, 2.75) is 11.3 Å². The molecule has 1 heterocycles. The molecule has 78 valence electrons. The molecule has 0 bridgehead atoms. The van der Waals surface area contributed by atoms with Crippen LogP contribution in [0.1, 0.15) is 12.0 Å². The molecule has 14 heavy (non-hydrogen) atoms. The van der Waals surface area contributed by atoms with Crippen molar-refractivity contribution in [1.29, 1.82) is 0 Å². The number of halogens is 4. The van der Waals surface area contributed by atoms with E-state index in [1.54, 1.807) is 0 Å². The van der Waals surface area contributed by atoms with Crippen molar-refractivity contribution >= 4 is 19.7 Å². The fraction of sp³-hybridized carbons (Fsp3) is 0.167. The summed E-state index contributed by atoms with van der Waals surface area (Å²) in [6, 6.07) is 0.454. The van der Waals surface area contributed by atoms with Crippen LogP contribution in [0.3, 0.4) is 0 Å². The summed E-state index contributed by atoms with van der Waals surface area (Å²) in [7, 11) is 0.687. The van der Waals surface area contributed by atoms with Crippen LogP contribution in [0.5, 0.6) is 0 Å². The van der Waals surface area contributed by atoms with Crippen LogP contribution in [-0.4, -0.2) is 13.4 Å². The lowest BCUT2D eigenvalue weighted by atomic mass is 10.3. The van der Waals surface area contributed by atoms with Crippen LogP contribution in [0.4, 0.5) is 13.2 Å². The minimum Gasteiger partial charge on any atom is -0.226 e. The minimum atomic E-state index is -4.17. The Morgan fingerprint density at radius 3 is 2.43 bits per heavy atom. The van der Waals surface area contributed by atoms with Gasteiger partial charge in [0, 0.05) is 10.7 Å². The predicted octanol–water partition coefficient (Wildman–Crippen LogP) is 2.09. The highest BCUT2D eigenvalue weighted by atomic mass is 35.7. The van der Waals surface area contributed by atoms with E-state index in [-0.39, 0.29) is 0 Å². The molecule has 1 aromatic rings. The summed E-state index contributed by atoms with van der Waals surface area (Å²) in [5.41, 5.74) is -1.09. The Hall–Kier alpha value is -0.820. The van der Waals surface area contributed by atoms with Crippen molar-refractivity contribution in [2.75, 3.05) is 0 Å². The van der Waals surface area contributed by atoms with Gasteiger partial charge in [0.05, 0.1) is 11.8 Å². The molecule has 0 aromatic carbocycles. The highest BCUT2D eigenvalue weighted by molar-refractivity contribution is 8.13. The van der Waals surface area contributed by atoms with Crippen molar-refractivity contribution in [3.05, 3.63) is 23.8 Å². The maximum atomic E-state index is 12.6. The maximum absolute atomic E-state index is 12.6. The number of hydrogen-bond donors (Lipinski definition) is 0. The van der Waals surface area contributed by atoms with Crippen molar-refractivity contribution in [3.63, 3.8) is 0 Å². The van der Waals surface area contributed by atoms with E-state index in [0.717, 1.165) is 0 Å². The summed E-state index contributed by atoms with van der Waals surface area (Å²) in [5.74, 6) is -1.41. The molecule has 0 radical (unpaired) electrons. The Balaban J connectivity index is 3.34. The number of hydrogen-bond acceptors (Lipinski definition) is 3. The summed E-state index contributed by atoms with van der Waals surface area (Å²) in [4.78, 5) is 2.20. The van der Waals surface area contributed by atoms with Gasteiger partial charge >= 0.3 is 0 Å². The number of alkyl halides is 2. The summed E-state index contributed by atoms with van der Waals surface area (Å²) in [5, 5.41) is 0. The van der Waals surface area contributed by atoms with Crippen molar-refractivity contribution < 1.29 is 21.6 Å². The van der Waals surface area contributed by atoms with Gasteiger partial charge in [-0.05, 0) is 6.07 Å². The second kappa shape index (κ2) is 3.74. The molecule has 0 saturated heterocycles. The molecule has 0 fully saturated rings. The van der Waals surface area contributed by atoms with Crippen molar-refractivity contribution in [1.82, 2.24) is 4.98 Å². The average Bonchev–Trinajstić information content (AvgIpc) is 2.02. The average molecular weight is 246 g/mol. The third-order valence-electron chi connectivity index (χ3n) is 1.36. The Kier molecular flexibility index (Phi) is 3.01. The molecular weight excluding hydrogens is 243 g/mol. The van der Waals surface area contributed by atoms with Gasteiger partial charge in [-0.15, -0.1) is 0 Å². The second-order valence-corrected chi connectivity index (χ2v) is 4.86. The zero-order chi connectivity index (χ0) is 10.9. The number of pyridine rings is 1. The van der Waals surface area contributed by atoms with E-state index in [1.165, 1.54) is 0 Å². The van der Waals surface area contributed by atoms with Gasteiger partial charge in [-0.2, -0.15) is 4.39 Å². The maximum Gasteiger partial charge on any atom is 0.268 e. The van der Waals surface area contributed by atoms with Gasteiger partial charge in [0.1, 0.15) is 4.90 Å². The molecule has 0 aliphatic rings. The third kappa shape index (κ3) is 2.36. The van der Waals surface area contributed by atoms with E-state index in [4.69, 9.17) is 10.7 Å². The second-order valence-electron chi connectivity index (χ2n) is 2.29. The van der Waals surface area contributed by atoms with E-state index in [9.17, 15) is 21.6 Å². The number of aromatic nitrogens is 1. The van der Waals surface area contributed by atoms with Crippen LogP contribution in [0, 0.1) is 5.95 Å². The first kappa shape index (κ1) is 11.3. The van der Waals surface area contributed by atoms with Gasteiger partial charge in [-0.1, -0.05) is 0 Å². The fourth-order valence-electron chi connectivity index (χ4n) is 0.731. The van der Waals surface area contributed by atoms with Gasteiger partial charge in [-0.3, -0.25) is 0 Å². The monoisotopic (exact) mass is 245 g/mol. The molecular formula is C6H3ClF3NO2S. The van der Waals surface area contributed by atoms with Crippen LogP contribution in [-0.2, 0) is 9.05 Å². The predicted molar refractivity (Wildman–Crippen MR) is 42.2 cm³/mol. The van der Waals surface area contributed by atoms with Crippen LogP contribution >= 0.6 is 10.7 Å². The van der Waals surface area contributed by atoms with Crippen LogP contribution in [0.15, 0.2) is 17.2 Å². The largest absolute Gasteiger partial charge is 0.268 e. The van der Waals surface area contributed by atoms with Gasteiger partial charge in [0.2, 0.25) is 5.95 Å². The standard InChI is InChI=1S/C6H3ClF3NO2S/c7-14(12,13)3-1-4(5(8)9)6(10)11-2-3/h1-2,5H. The Morgan fingerprint density at radius 2 is 2.00 bits per heavy atom. The Morgan fingerprint density at radius 1 is 1.43 bits per heavy atom. The SMILES string of the molecule is O=S(=O)(Cl)c1cnc(F)c(C(F)F)c1. The quantitative estimate of drug-likeness (QED) is 0.592. The van der Waals surface area contributed by atoms with Gasteiger partial charge < -0.3 is 0 Å². The summed E-state index contributed by atoms with van der Waals surface area (Å²) in [6.45, 7) is 0. The van der Waals surface area contributed by atoms with Crippen LogP contribution in [0.2, 0.25) is 0 Å². The smallest absolute Gasteiger partial charge is 0.226 e. The fourth-order valence-corrected chi connectivity index (χ4v) is 1.43. The molecule has 3 nitrogen and oxygen atoms in total. The highest BCUT2D eigenvalue weighted by Crippen LogP contribution is 2.24. The first-order valence-corrected chi connectivity index (χ1v) is 5.51. The first-order valence-electron chi connectivity index (χ1n) is 3.20. The molecule has 1 rings (SSSR count). The van der Waals surface area contributed by atoms with E-state index in [2.05, 4.69) is 4.98 Å². The molecule has 0 saturated carbocycles. The zero-order valence-electron chi connectivity index (χ0n) is 6.42. The van der Waals surface area contributed by atoms with Crippen molar-refractivity contribution in [2.24, 2.45) is 0 Å². The lowest BCUT2D eigenvalue weighted by molar-refractivity contribution is 0.144. The number of rotatable bonds is 2. The zero-order valence-corrected chi connectivity index (χ0v) is 7.99. The van der Waals surface area contributed by atoms with E-state index < -0.39 is 31.9 Å². The van der Waals surface area contributed by atoms with Gasteiger partial charge in [0.15, 0.2) is 0 Å². The van der Waals surface area contributed by atoms with Gasteiger partial charge in [0.25, 0.3) is 15.5 Å². The first-order chi connectivity index (χ1) is 6.32. The van der Waals surface area contributed by atoms with Gasteiger partial charge in [-0.25, -0.2) is 22.2 Å². The minimum absolute atomic E-state index is 0.454.